The molecule has 1 aliphatic carbocycles. The topological polar surface area (TPSA) is 46.5 Å². The lowest BCUT2D eigenvalue weighted by molar-refractivity contribution is -0.120. The molecular formula is C20H36O3. The zero-order valence-electron chi connectivity index (χ0n) is 15.5. The molecule has 4 atom stereocenters. The first-order chi connectivity index (χ1) is 11.0. The Balaban J connectivity index is 2.90. The van der Waals surface area contributed by atoms with Crippen molar-refractivity contribution in [3.63, 3.8) is 0 Å². The van der Waals surface area contributed by atoms with Gasteiger partial charge in [-0.2, -0.15) is 0 Å². The first-order valence-electron chi connectivity index (χ1n) is 9.59. The van der Waals surface area contributed by atoms with Gasteiger partial charge in [0.05, 0.1) is 6.10 Å². The minimum atomic E-state index is -0.645. The Morgan fingerprint density at radius 3 is 2.43 bits per heavy atom. The lowest BCUT2D eigenvalue weighted by Gasteiger charge is -2.33. The molecule has 0 aromatic heterocycles. The zero-order valence-corrected chi connectivity index (χ0v) is 15.5. The number of rotatable bonds is 11. The summed E-state index contributed by atoms with van der Waals surface area (Å²) in [6.45, 7) is 8.56. The van der Waals surface area contributed by atoms with Crippen molar-refractivity contribution in [2.75, 3.05) is 6.61 Å². The summed E-state index contributed by atoms with van der Waals surface area (Å²) in [5.74, 6) is 1.11. The Hall–Kier alpha value is -0.670. The molecule has 0 aliphatic heterocycles. The average molecular weight is 325 g/mol. The molecule has 0 saturated carbocycles. The van der Waals surface area contributed by atoms with Gasteiger partial charge in [-0.1, -0.05) is 52.0 Å². The summed E-state index contributed by atoms with van der Waals surface area (Å²) in [5, 5.41) is 10.00. The van der Waals surface area contributed by atoms with Gasteiger partial charge in [-0.25, -0.2) is 0 Å². The van der Waals surface area contributed by atoms with Gasteiger partial charge in [-0.3, -0.25) is 4.79 Å². The first-order valence-corrected chi connectivity index (χ1v) is 9.59. The smallest absolute Gasteiger partial charge is 0.161 e. The van der Waals surface area contributed by atoms with Gasteiger partial charge >= 0.3 is 0 Å². The van der Waals surface area contributed by atoms with Crippen molar-refractivity contribution in [3.05, 3.63) is 11.6 Å². The zero-order chi connectivity index (χ0) is 17.2. The number of Topliss-reactive ketones (excluding diaryl/α,β-unsaturated/α-hetero) is 1. The molecule has 1 N–H and O–H groups in total. The maximum atomic E-state index is 12.6. The molecule has 0 fully saturated rings. The number of hydrogen-bond acceptors (Lipinski definition) is 3. The molecule has 0 radical (unpaired) electrons. The molecule has 0 aromatic carbocycles. The van der Waals surface area contributed by atoms with Crippen LogP contribution in [0.3, 0.4) is 0 Å². The van der Waals surface area contributed by atoms with Gasteiger partial charge in [0.1, 0.15) is 6.10 Å². The van der Waals surface area contributed by atoms with E-state index in [1.54, 1.807) is 6.92 Å². The maximum Gasteiger partial charge on any atom is 0.161 e. The second kappa shape index (κ2) is 11.0. The number of aliphatic hydroxyl groups is 1. The van der Waals surface area contributed by atoms with Crippen molar-refractivity contribution in [1.29, 1.82) is 0 Å². The Bertz CT molecular complexity index is 373. The fraction of sp³-hybridized carbons (Fsp3) is 0.850. The van der Waals surface area contributed by atoms with Gasteiger partial charge in [-0.05, 0) is 38.5 Å². The molecular weight excluding hydrogens is 288 g/mol. The van der Waals surface area contributed by atoms with E-state index < -0.39 is 12.2 Å². The number of allylic oxidation sites excluding steroid dienone is 1. The summed E-state index contributed by atoms with van der Waals surface area (Å²) < 4.78 is 5.66. The SMILES string of the molecule is CCCCCC1CC(=O)C(C(OCC)C(C)O)=CC1CCCC. The third-order valence-electron chi connectivity index (χ3n) is 4.93. The lowest BCUT2D eigenvalue weighted by Crippen LogP contribution is -2.36. The molecule has 1 rings (SSSR count). The highest BCUT2D eigenvalue weighted by atomic mass is 16.5. The van der Waals surface area contributed by atoms with Gasteiger partial charge in [0, 0.05) is 18.6 Å². The number of aliphatic hydroxyl groups excluding tert-OH is 1. The largest absolute Gasteiger partial charge is 0.390 e. The van der Waals surface area contributed by atoms with Crippen molar-refractivity contribution in [3.8, 4) is 0 Å². The molecule has 0 spiro atoms. The summed E-state index contributed by atoms with van der Waals surface area (Å²) in [5.41, 5.74) is 0.717. The van der Waals surface area contributed by atoms with Crippen LogP contribution in [0, 0.1) is 11.8 Å². The number of carbonyl (C=O) groups is 1. The van der Waals surface area contributed by atoms with E-state index in [1.807, 2.05) is 6.92 Å². The van der Waals surface area contributed by atoms with E-state index in [2.05, 4.69) is 19.9 Å². The molecule has 0 amide bonds. The monoisotopic (exact) mass is 324 g/mol. The van der Waals surface area contributed by atoms with Crippen molar-refractivity contribution >= 4 is 5.78 Å². The van der Waals surface area contributed by atoms with E-state index in [9.17, 15) is 9.90 Å². The third-order valence-corrected chi connectivity index (χ3v) is 4.93. The Morgan fingerprint density at radius 1 is 1.17 bits per heavy atom. The maximum absolute atomic E-state index is 12.6. The van der Waals surface area contributed by atoms with Crippen LogP contribution in [0.1, 0.15) is 79.1 Å². The molecule has 4 unspecified atom stereocenters. The van der Waals surface area contributed by atoms with E-state index in [0.717, 1.165) is 18.4 Å². The molecule has 0 bridgehead atoms. The van der Waals surface area contributed by atoms with Gasteiger partial charge in [0.25, 0.3) is 0 Å². The van der Waals surface area contributed by atoms with Crippen LogP contribution in [-0.4, -0.2) is 29.7 Å². The standard InChI is InChI=1S/C20H36O3/c1-5-8-10-12-17-14-19(22)18(13-16(17)11-9-6-2)20(15(4)21)23-7-3/h13,15-17,20-21H,5-12,14H2,1-4H3. The highest BCUT2D eigenvalue weighted by Crippen LogP contribution is 2.36. The molecule has 0 heterocycles. The van der Waals surface area contributed by atoms with E-state index in [-0.39, 0.29) is 5.78 Å². The average Bonchev–Trinajstić information content (AvgIpc) is 2.52. The summed E-state index contributed by atoms with van der Waals surface area (Å²) in [7, 11) is 0. The summed E-state index contributed by atoms with van der Waals surface area (Å²) in [6.07, 6.45) is 10.0. The summed E-state index contributed by atoms with van der Waals surface area (Å²) >= 11 is 0. The number of hydrogen-bond donors (Lipinski definition) is 1. The van der Waals surface area contributed by atoms with Gasteiger partial charge in [-0.15, -0.1) is 0 Å². The van der Waals surface area contributed by atoms with Crippen LogP contribution in [0.25, 0.3) is 0 Å². The van der Waals surface area contributed by atoms with Crippen molar-refractivity contribution < 1.29 is 14.6 Å². The number of ketones is 1. The van der Waals surface area contributed by atoms with Gasteiger partial charge < -0.3 is 9.84 Å². The van der Waals surface area contributed by atoms with E-state index in [4.69, 9.17) is 4.74 Å². The Morgan fingerprint density at radius 2 is 1.87 bits per heavy atom. The lowest BCUT2D eigenvalue weighted by atomic mass is 9.74. The second-order valence-electron chi connectivity index (χ2n) is 6.93. The van der Waals surface area contributed by atoms with Crippen LogP contribution in [0.4, 0.5) is 0 Å². The minimum Gasteiger partial charge on any atom is -0.390 e. The minimum absolute atomic E-state index is 0.179. The molecule has 0 aromatic rings. The highest BCUT2D eigenvalue weighted by Gasteiger charge is 2.34. The Kier molecular flexibility index (Phi) is 9.73. The molecule has 23 heavy (non-hydrogen) atoms. The van der Waals surface area contributed by atoms with Crippen LogP contribution in [0.5, 0.6) is 0 Å². The van der Waals surface area contributed by atoms with Crippen molar-refractivity contribution in [1.82, 2.24) is 0 Å². The number of ether oxygens (including phenoxy) is 1. The van der Waals surface area contributed by atoms with Gasteiger partial charge in [0.2, 0.25) is 0 Å². The quantitative estimate of drug-likeness (QED) is 0.562. The van der Waals surface area contributed by atoms with Crippen LogP contribution in [0.2, 0.25) is 0 Å². The number of carbonyl (C=O) groups excluding carboxylic acids is 1. The normalized spacial score (nSPS) is 24.4. The van der Waals surface area contributed by atoms with Gasteiger partial charge in [0.15, 0.2) is 5.78 Å². The number of unbranched alkanes of at least 4 members (excludes halogenated alkanes) is 3. The molecule has 0 saturated heterocycles. The fourth-order valence-corrected chi connectivity index (χ4v) is 3.62. The van der Waals surface area contributed by atoms with Crippen LogP contribution in [0.15, 0.2) is 11.6 Å². The predicted octanol–water partition coefficient (Wildman–Crippen LogP) is 4.67. The second-order valence-corrected chi connectivity index (χ2v) is 6.93. The van der Waals surface area contributed by atoms with E-state index in [1.165, 1.54) is 32.1 Å². The summed E-state index contributed by atoms with van der Waals surface area (Å²) in [4.78, 5) is 12.6. The third kappa shape index (κ3) is 6.39. The molecule has 1 aliphatic rings. The predicted molar refractivity (Wildman–Crippen MR) is 95.4 cm³/mol. The Labute approximate surface area is 142 Å². The van der Waals surface area contributed by atoms with Crippen LogP contribution >= 0.6 is 0 Å². The van der Waals surface area contributed by atoms with Crippen molar-refractivity contribution in [2.24, 2.45) is 11.8 Å². The highest BCUT2D eigenvalue weighted by molar-refractivity contribution is 5.97. The molecule has 3 nitrogen and oxygen atoms in total. The van der Waals surface area contributed by atoms with E-state index in [0.29, 0.717) is 24.9 Å². The molecule has 134 valence electrons. The summed E-state index contributed by atoms with van der Waals surface area (Å²) in [6, 6.07) is 0. The van der Waals surface area contributed by atoms with Crippen LogP contribution < -0.4 is 0 Å². The van der Waals surface area contributed by atoms with E-state index >= 15 is 0 Å². The fourth-order valence-electron chi connectivity index (χ4n) is 3.62. The molecule has 3 heteroatoms. The van der Waals surface area contributed by atoms with Crippen LogP contribution in [-0.2, 0) is 9.53 Å². The first kappa shape index (κ1) is 20.4. The van der Waals surface area contributed by atoms with Crippen molar-refractivity contribution in [2.45, 2.75) is 91.3 Å².